The Hall–Kier alpha value is -2.99. The number of likely N-dealkylation sites (tertiary alicyclic amines) is 1. The van der Waals surface area contributed by atoms with Gasteiger partial charge in [0.1, 0.15) is 0 Å². The fraction of sp³-hybridized carbons (Fsp3) is 0.400. The first-order valence-electron chi connectivity index (χ1n) is 11.1. The van der Waals surface area contributed by atoms with E-state index in [0.29, 0.717) is 25.3 Å². The van der Waals surface area contributed by atoms with Crippen LogP contribution in [0.2, 0.25) is 0 Å². The Morgan fingerprint density at radius 1 is 1.10 bits per heavy atom. The van der Waals surface area contributed by atoms with E-state index in [9.17, 15) is 9.90 Å². The van der Waals surface area contributed by atoms with E-state index in [2.05, 4.69) is 41.5 Å². The molecule has 6 heteroatoms. The largest absolute Gasteiger partial charge is 0.393 e. The fourth-order valence-corrected chi connectivity index (χ4v) is 4.28. The van der Waals surface area contributed by atoms with Gasteiger partial charge in [0.05, 0.1) is 18.8 Å². The van der Waals surface area contributed by atoms with Crippen molar-refractivity contribution in [3.8, 4) is 0 Å². The van der Waals surface area contributed by atoms with Crippen molar-refractivity contribution in [1.29, 1.82) is 0 Å². The van der Waals surface area contributed by atoms with Gasteiger partial charge in [-0.25, -0.2) is 4.68 Å². The van der Waals surface area contributed by atoms with E-state index in [1.54, 1.807) is 10.9 Å². The van der Waals surface area contributed by atoms with Gasteiger partial charge in [0, 0.05) is 13.1 Å². The predicted octanol–water partition coefficient (Wildman–Crippen LogP) is 3.48. The number of piperidine rings is 1. The van der Waals surface area contributed by atoms with E-state index >= 15 is 0 Å². The molecule has 0 aliphatic carbocycles. The summed E-state index contributed by atoms with van der Waals surface area (Å²) in [4.78, 5) is 14.7. The molecule has 0 unspecified atom stereocenters. The maximum absolute atomic E-state index is 12.9. The zero-order valence-corrected chi connectivity index (χ0v) is 18.0. The summed E-state index contributed by atoms with van der Waals surface area (Å²) in [6, 6.07) is 18.4. The van der Waals surface area contributed by atoms with E-state index in [1.807, 2.05) is 35.2 Å². The molecule has 1 aliphatic rings. The zero-order valence-electron chi connectivity index (χ0n) is 18.0. The summed E-state index contributed by atoms with van der Waals surface area (Å²) in [6.07, 6.45) is 4.68. The van der Waals surface area contributed by atoms with Crippen molar-refractivity contribution in [3.05, 3.63) is 83.2 Å². The van der Waals surface area contributed by atoms with E-state index in [4.69, 9.17) is 0 Å². The highest BCUT2D eigenvalue weighted by molar-refractivity contribution is 5.92. The van der Waals surface area contributed by atoms with Crippen LogP contribution in [0.1, 0.15) is 46.4 Å². The van der Waals surface area contributed by atoms with Crippen LogP contribution in [0, 0.1) is 12.8 Å². The van der Waals surface area contributed by atoms with Gasteiger partial charge in [0.15, 0.2) is 5.69 Å². The number of rotatable bonds is 7. The monoisotopic (exact) mass is 418 g/mol. The number of aryl methyl sites for hydroxylation is 2. The number of hydrogen-bond donors (Lipinski definition) is 1. The highest BCUT2D eigenvalue weighted by Crippen LogP contribution is 2.24. The van der Waals surface area contributed by atoms with Gasteiger partial charge >= 0.3 is 0 Å². The first-order valence-corrected chi connectivity index (χ1v) is 11.1. The summed E-state index contributed by atoms with van der Waals surface area (Å²) in [6.45, 7) is 3.96. The summed E-state index contributed by atoms with van der Waals surface area (Å²) in [5.41, 5.74) is 4.00. The van der Waals surface area contributed by atoms with Crippen molar-refractivity contribution in [3.63, 3.8) is 0 Å². The molecule has 0 spiro atoms. The van der Waals surface area contributed by atoms with Gasteiger partial charge in [0.2, 0.25) is 0 Å². The minimum atomic E-state index is -0.326. The van der Waals surface area contributed by atoms with Crippen molar-refractivity contribution >= 4 is 5.91 Å². The summed E-state index contributed by atoms with van der Waals surface area (Å²) in [5.74, 6) is 0.165. The summed E-state index contributed by atoms with van der Waals surface area (Å²) >= 11 is 0. The molecular formula is C25H30N4O2. The Labute approximate surface area is 183 Å². The van der Waals surface area contributed by atoms with Crippen LogP contribution >= 0.6 is 0 Å². The predicted molar refractivity (Wildman–Crippen MR) is 120 cm³/mol. The molecule has 4 rings (SSSR count). The molecule has 1 N–H and O–H groups in total. The molecule has 162 valence electrons. The number of nitrogens with zero attached hydrogens (tertiary/aromatic N) is 4. The molecule has 0 saturated carbocycles. The standard InChI is InChI=1S/C25H30N4O2/c1-19-7-5-6-10-22(19)17-29-18-23(26-27-29)25(31)28-15-13-21(14-16-28)24(30)12-11-20-8-3-2-4-9-20/h2-10,18,21,24,30H,11-17H2,1H3/t24-/m1/s1. The number of benzene rings is 2. The molecule has 1 fully saturated rings. The van der Waals surface area contributed by atoms with Crippen molar-refractivity contribution in [2.75, 3.05) is 13.1 Å². The molecule has 1 aliphatic heterocycles. The van der Waals surface area contributed by atoms with Crippen LogP contribution in [-0.2, 0) is 13.0 Å². The average molecular weight is 419 g/mol. The van der Waals surface area contributed by atoms with E-state index in [0.717, 1.165) is 31.2 Å². The van der Waals surface area contributed by atoms with Crippen LogP contribution in [0.5, 0.6) is 0 Å². The van der Waals surface area contributed by atoms with Crippen LogP contribution in [-0.4, -0.2) is 50.1 Å². The number of aliphatic hydroxyl groups excluding tert-OH is 1. The third-order valence-electron chi connectivity index (χ3n) is 6.29. The van der Waals surface area contributed by atoms with Gasteiger partial charge in [-0.2, -0.15) is 0 Å². The van der Waals surface area contributed by atoms with Crippen LogP contribution in [0.15, 0.2) is 60.8 Å². The lowest BCUT2D eigenvalue weighted by atomic mass is 9.88. The van der Waals surface area contributed by atoms with Gasteiger partial charge in [-0.05, 0) is 55.2 Å². The van der Waals surface area contributed by atoms with Crippen LogP contribution < -0.4 is 0 Å². The molecule has 1 aromatic heterocycles. The molecule has 2 heterocycles. The van der Waals surface area contributed by atoms with Crippen molar-refractivity contribution < 1.29 is 9.90 Å². The summed E-state index contributed by atoms with van der Waals surface area (Å²) in [7, 11) is 0. The van der Waals surface area contributed by atoms with Gasteiger partial charge in [-0.1, -0.05) is 59.8 Å². The highest BCUT2D eigenvalue weighted by atomic mass is 16.3. The SMILES string of the molecule is Cc1ccccc1Cn1cc(C(=O)N2CCC([C@H](O)CCc3ccccc3)CC2)nn1. The van der Waals surface area contributed by atoms with Gasteiger partial charge in [-0.3, -0.25) is 4.79 Å². The lowest BCUT2D eigenvalue weighted by molar-refractivity contribution is 0.0433. The number of carbonyl (C=O) groups excluding carboxylic acids is 1. The topological polar surface area (TPSA) is 71.2 Å². The number of carbonyl (C=O) groups is 1. The molecule has 3 aromatic rings. The lowest BCUT2D eigenvalue weighted by Crippen LogP contribution is -2.41. The Bertz CT molecular complexity index is 994. The quantitative estimate of drug-likeness (QED) is 0.638. The smallest absolute Gasteiger partial charge is 0.276 e. The lowest BCUT2D eigenvalue weighted by Gasteiger charge is -2.34. The zero-order chi connectivity index (χ0) is 21.6. The fourth-order valence-electron chi connectivity index (χ4n) is 4.28. The van der Waals surface area contributed by atoms with E-state index in [1.165, 1.54) is 11.1 Å². The maximum Gasteiger partial charge on any atom is 0.276 e. The first kappa shape index (κ1) is 21.2. The molecule has 2 aromatic carbocycles. The Balaban J connectivity index is 1.27. The maximum atomic E-state index is 12.9. The number of amides is 1. The highest BCUT2D eigenvalue weighted by Gasteiger charge is 2.28. The minimum Gasteiger partial charge on any atom is -0.393 e. The van der Waals surface area contributed by atoms with Crippen molar-refractivity contribution in [2.24, 2.45) is 5.92 Å². The van der Waals surface area contributed by atoms with Gasteiger partial charge in [-0.15, -0.1) is 5.10 Å². The molecule has 6 nitrogen and oxygen atoms in total. The van der Waals surface area contributed by atoms with E-state index in [-0.39, 0.29) is 17.9 Å². The molecule has 0 bridgehead atoms. The number of aromatic nitrogens is 3. The van der Waals surface area contributed by atoms with Gasteiger partial charge < -0.3 is 10.0 Å². The first-order chi connectivity index (χ1) is 15.1. The second-order valence-corrected chi connectivity index (χ2v) is 8.45. The number of hydrogen-bond acceptors (Lipinski definition) is 4. The van der Waals surface area contributed by atoms with Crippen LogP contribution in [0.4, 0.5) is 0 Å². The minimum absolute atomic E-state index is 0.0757. The molecule has 1 atom stereocenters. The molecule has 31 heavy (non-hydrogen) atoms. The third kappa shape index (κ3) is 5.39. The third-order valence-corrected chi connectivity index (χ3v) is 6.29. The van der Waals surface area contributed by atoms with Crippen LogP contribution in [0.3, 0.4) is 0 Å². The normalized spacial score (nSPS) is 15.7. The average Bonchev–Trinajstić information content (AvgIpc) is 3.28. The van der Waals surface area contributed by atoms with E-state index < -0.39 is 0 Å². The number of aliphatic hydroxyl groups is 1. The Kier molecular flexibility index (Phi) is 6.77. The summed E-state index contributed by atoms with van der Waals surface area (Å²) in [5, 5.41) is 18.9. The molecule has 1 saturated heterocycles. The Morgan fingerprint density at radius 2 is 1.81 bits per heavy atom. The molecule has 1 amide bonds. The second kappa shape index (κ2) is 9.88. The van der Waals surface area contributed by atoms with Crippen molar-refractivity contribution in [2.45, 2.75) is 45.3 Å². The Morgan fingerprint density at radius 3 is 2.55 bits per heavy atom. The van der Waals surface area contributed by atoms with Gasteiger partial charge in [0.25, 0.3) is 5.91 Å². The second-order valence-electron chi connectivity index (χ2n) is 8.45. The van der Waals surface area contributed by atoms with Crippen LogP contribution in [0.25, 0.3) is 0 Å². The summed E-state index contributed by atoms with van der Waals surface area (Å²) < 4.78 is 1.72. The molecular weight excluding hydrogens is 388 g/mol. The van der Waals surface area contributed by atoms with Crippen molar-refractivity contribution in [1.82, 2.24) is 19.9 Å². The molecule has 0 radical (unpaired) electrons.